The molecule has 9 heteroatoms. The minimum absolute atomic E-state index is 0. The standard InChI is InChI=1S/C21H25FN4O2.2ClH/c22-19-4-2-1-3-18(19)21(28)24-9-10-25-11-13-26(14-12-25)20(27)15-16-5-7-17(23)8-6-16;;/h1-8H,9-15,23H2,(H,24,28);2*1H. The molecule has 6 nitrogen and oxygen atoms in total. The van der Waals surface area contributed by atoms with E-state index in [0.717, 1.165) is 18.7 Å². The van der Waals surface area contributed by atoms with Crippen LogP contribution in [0.1, 0.15) is 15.9 Å². The molecule has 164 valence electrons. The third-order valence-corrected chi connectivity index (χ3v) is 4.89. The lowest BCUT2D eigenvalue weighted by atomic mass is 10.1. The first kappa shape index (κ1) is 25.7. The number of halogens is 3. The van der Waals surface area contributed by atoms with Crippen molar-refractivity contribution in [2.24, 2.45) is 0 Å². The Morgan fingerprint density at radius 3 is 2.23 bits per heavy atom. The molecule has 0 atom stereocenters. The van der Waals surface area contributed by atoms with Gasteiger partial charge in [-0.3, -0.25) is 14.5 Å². The first-order valence-corrected chi connectivity index (χ1v) is 9.40. The van der Waals surface area contributed by atoms with Gasteiger partial charge in [-0.1, -0.05) is 24.3 Å². The number of hydrogen-bond donors (Lipinski definition) is 2. The van der Waals surface area contributed by atoms with Gasteiger partial charge in [-0.25, -0.2) is 4.39 Å². The van der Waals surface area contributed by atoms with Gasteiger partial charge in [-0.15, -0.1) is 24.8 Å². The molecule has 2 amide bonds. The van der Waals surface area contributed by atoms with Gasteiger partial charge in [0.1, 0.15) is 5.82 Å². The van der Waals surface area contributed by atoms with Gasteiger partial charge in [-0.2, -0.15) is 0 Å². The molecule has 1 fully saturated rings. The quantitative estimate of drug-likeness (QED) is 0.653. The highest BCUT2D eigenvalue weighted by molar-refractivity contribution is 5.94. The number of nitrogens with zero attached hydrogens (tertiary/aromatic N) is 2. The highest BCUT2D eigenvalue weighted by Gasteiger charge is 2.21. The van der Waals surface area contributed by atoms with Crippen LogP contribution in [0, 0.1) is 5.82 Å². The highest BCUT2D eigenvalue weighted by Crippen LogP contribution is 2.10. The van der Waals surface area contributed by atoms with Crippen LogP contribution in [0.2, 0.25) is 0 Å². The maximum atomic E-state index is 13.6. The number of amides is 2. The van der Waals surface area contributed by atoms with Gasteiger partial charge >= 0.3 is 0 Å². The summed E-state index contributed by atoms with van der Waals surface area (Å²) in [6.45, 7) is 3.93. The Balaban J connectivity index is 0.00000225. The summed E-state index contributed by atoms with van der Waals surface area (Å²) in [4.78, 5) is 28.5. The highest BCUT2D eigenvalue weighted by atomic mass is 35.5. The minimum Gasteiger partial charge on any atom is -0.399 e. The molecule has 1 aliphatic heterocycles. The SMILES string of the molecule is Cl.Cl.Nc1ccc(CC(=O)N2CCN(CCNC(=O)c3ccccc3F)CC2)cc1. The molecule has 0 bridgehead atoms. The van der Waals surface area contributed by atoms with Gasteiger partial charge in [0.15, 0.2) is 0 Å². The molecule has 1 saturated heterocycles. The van der Waals surface area contributed by atoms with E-state index in [0.29, 0.717) is 38.3 Å². The Morgan fingerprint density at radius 1 is 0.967 bits per heavy atom. The van der Waals surface area contributed by atoms with E-state index in [4.69, 9.17) is 5.73 Å². The monoisotopic (exact) mass is 456 g/mol. The Bertz CT molecular complexity index is 828. The molecule has 0 spiro atoms. The number of carbonyl (C=O) groups excluding carboxylic acids is 2. The fourth-order valence-electron chi connectivity index (χ4n) is 3.21. The zero-order valence-electron chi connectivity index (χ0n) is 16.6. The van der Waals surface area contributed by atoms with Gasteiger partial charge in [0, 0.05) is 45.0 Å². The van der Waals surface area contributed by atoms with Crippen molar-refractivity contribution in [2.75, 3.05) is 45.0 Å². The first-order valence-electron chi connectivity index (χ1n) is 9.40. The van der Waals surface area contributed by atoms with E-state index in [1.807, 2.05) is 17.0 Å². The number of nitrogen functional groups attached to an aromatic ring is 1. The summed E-state index contributed by atoms with van der Waals surface area (Å²) in [5.41, 5.74) is 7.37. The van der Waals surface area contributed by atoms with Crippen molar-refractivity contribution in [2.45, 2.75) is 6.42 Å². The van der Waals surface area contributed by atoms with Gasteiger partial charge in [0.25, 0.3) is 5.91 Å². The van der Waals surface area contributed by atoms with Crippen molar-refractivity contribution >= 4 is 42.3 Å². The first-order chi connectivity index (χ1) is 13.5. The van der Waals surface area contributed by atoms with Crippen LogP contribution in [0.25, 0.3) is 0 Å². The van der Waals surface area contributed by atoms with Crippen LogP contribution in [-0.4, -0.2) is 60.9 Å². The molecule has 3 N–H and O–H groups in total. The third-order valence-electron chi connectivity index (χ3n) is 4.89. The van der Waals surface area contributed by atoms with Crippen molar-refractivity contribution < 1.29 is 14.0 Å². The van der Waals surface area contributed by atoms with Gasteiger partial charge < -0.3 is 16.0 Å². The summed E-state index contributed by atoms with van der Waals surface area (Å²) >= 11 is 0. The Hall–Kier alpha value is -2.35. The van der Waals surface area contributed by atoms with E-state index in [2.05, 4.69) is 10.2 Å². The number of nitrogens with one attached hydrogen (secondary N) is 1. The summed E-state index contributed by atoms with van der Waals surface area (Å²) in [6.07, 6.45) is 0.374. The molecule has 2 aromatic rings. The van der Waals surface area contributed by atoms with Gasteiger partial charge in [-0.05, 0) is 29.8 Å². The van der Waals surface area contributed by atoms with Crippen molar-refractivity contribution in [1.29, 1.82) is 0 Å². The predicted octanol–water partition coefficient (Wildman–Crippen LogP) is 2.37. The van der Waals surface area contributed by atoms with E-state index in [-0.39, 0.29) is 36.3 Å². The van der Waals surface area contributed by atoms with Crippen LogP contribution in [-0.2, 0) is 11.2 Å². The van der Waals surface area contributed by atoms with E-state index >= 15 is 0 Å². The summed E-state index contributed by atoms with van der Waals surface area (Å²) in [5.74, 6) is -0.819. The fraction of sp³-hybridized carbons (Fsp3) is 0.333. The number of piperazine rings is 1. The second-order valence-electron chi connectivity index (χ2n) is 6.88. The van der Waals surface area contributed by atoms with Crippen LogP contribution in [0.15, 0.2) is 48.5 Å². The lowest BCUT2D eigenvalue weighted by Crippen LogP contribution is -2.50. The average Bonchev–Trinajstić information content (AvgIpc) is 2.70. The van der Waals surface area contributed by atoms with Gasteiger partial charge in [0.2, 0.25) is 5.91 Å². The Morgan fingerprint density at radius 2 is 1.60 bits per heavy atom. The number of anilines is 1. The lowest BCUT2D eigenvalue weighted by Gasteiger charge is -2.34. The molecular formula is C21H27Cl2FN4O2. The molecule has 0 saturated carbocycles. The van der Waals surface area contributed by atoms with Gasteiger partial charge in [0.05, 0.1) is 12.0 Å². The third kappa shape index (κ3) is 7.16. The topological polar surface area (TPSA) is 78.7 Å². The Labute approximate surface area is 188 Å². The zero-order chi connectivity index (χ0) is 19.9. The number of carbonyl (C=O) groups is 2. The number of rotatable bonds is 6. The lowest BCUT2D eigenvalue weighted by molar-refractivity contribution is -0.132. The summed E-state index contributed by atoms with van der Waals surface area (Å²) in [6, 6.07) is 13.3. The molecule has 30 heavy (non-hydrogen) atoms. The maximum absolute atomic E-state index is 13.6. The van der Waals surface area contributed by atoms with Crippen molar-refractivity contribution in [3.05, 3.63) is 65.5 Å². The number of hydrogen-bond acceptors (Lipinski definition) is 4. The zero-order valence-corrected chi connectivity index (χ0v) is 18.2. The molecule has 1 aliphatic rings. The average molecular weight is 457 g/mol. The van der Waals surface area contributed by atoms with Crippen LogP contribution in [0.3, 0.4) is 0 Å². The van der Waals surface area contributed by atoms with Crippen molar-refractivity contribution in [3.8, 4) is 0 Å². The van der Waals surface area contributed by atoms with Crippen LogP contribution < -0.4 is 11.1 Å². The second kappa shape index (κ2) is 12.4. The molecule has 2 aromatic carbocycles. The summed E-state index contributed by atoms with van der Waals surface area (Å²) in [5, 5.41) is 2.75. The summed E-state index contributed by atoms with van der Waals surface area (Å²) < 4.78 is 13.6. The molecule has 0 aromatic heterocycles. The van der Waals surface area contributed by atoms with Crippen LogP contribution in [0.4, 0.5) is 10.1 Å². The molecule has 0 radical (unpaired) electrons. The smallest absolute Gasteiger partial charge is 0.254 e. The van der Waals surface area contributed by atoms with E-state index in [1.165, 1.54) is 12.1 Å². The summed E-state index contributed by atoms with van der Waals surface area (Å²) in [7, 11) is 0. The van der Waals surface area contributed by atoms with E-state index in [9.17, 15) is 14.0 Å². The molecule has 1 heterocycles. The largest absolute Gasteiger partial charge is 0.399 e. The van der Waals surface area contributed by atoms with Crippen molar-refractivity contribution in [1.82, 2.24) is 15.1 Å². The van der Waals surface area contributed by atoms with E-state index < -0.39 is 11.7 Å². The predicted molar refractivity (Wildman–Crippen MR) is 121 cm³/mol. The maximum Gasteiger partial charge on any atom is 0.254 e. The van der Waals surface area contributed by atoms with E-state index in [1.54, 1.807) is 24.3 Å². The fourth-order valence-corrected chi connectivity index (χ4v) is 3.21. The molecular weight excluding hydrogens is 430 g/mol. The number of nitrogens with two attached hydrogens (primary N) is 1. The second-order valence-corrected chi connectivity index (χ2v) is 6.88. The Kier molecular flexibility index (Phi) is 10.6. The molecule has 3 rings (SSSR count). The van der Waals surface area contributed by atoms with Crippen LogP contribution in [0.5, 0.6) is 0 Å². The van der Waals surface area contributed by atoms with Crippen molar-refractivity contribution in [3.63, 3.8) is 0 Å². The minimum atomic E-state index is -0.520. The molecule has 0 unspecified atom stereocenters. The van der Waals surface area contributed by atoms with Crippen LogP contribution >= 0.6 is 24.8 Å². The normalized spacial score (nSPS) is 13.7. The molecule has 0 aliphatic carbocycles. The number of benzene rings is 2.